The number of aromatic amines is 1. The number of hydrogen-bond acceptors (Lipinski definition) is 4. The summed E-state index contributed by atoms with van der Waals surface area (Å²) in [5.74, 6) is 0.485. The molecule has 1 amide bonds. The molecule has 2 N–H and O–H groups in total. The van der Waals surface area contributed by atoms with Crippen LogP contribution in [0.2, 0.25) is 0 Å². The highest BCUT2D eigenvalue weighted by Crippen LogP contribution is 2.26. The Morgan fingerprint density at radius 1 is 1.24 bits per heavy atom. The number of nitrogens with zero attached hydrogens (tertiary/aromatic N) is 2. The van der Waals surface area contributed by atoms with Crippen molar-refractivity contribution in [1.29, 1.82) is 0 Å². The highest BCUT2D eigenvalue weighted by Gasteiger charge is 2.20. The van der Waals surface area contributed by atoms with Crippen LogP contribution in [-0.2, 0) is 0 Å². The second kappa shape index (κ2) is 5.88. The lowest BCUT2D eigenvalue weighted by Gasteiger charge is -2.17. The van der Waals surface area contributed by atoms with E-state index in [-0.39, 0.29) is 17.8 Å². The highest BCUT2D eigenvalue weighted by molar-refractivity contribution is 7.10. The van der Waals surface area contributed by atoms with Gasteiger partial charge in [-0.25, -0.2) is 4.98 Å². The van der Waals surface area contributed by atoms with Gasteiger partial charge in [0.15, 0.2) is 0 Å². The smallest absolute Gasteiger partial charge is 0.291 e. The molecule has 1 unspecified atom stereocenters. The van der Waals surface area contributed by atoms with Crippen molar-refractivity contribution in [2.75, 3.05) is 0 Å². The lowest BCUT2D eigenvalue weighted by Crippen LogP contribution is -2.29. The molecular weight excluding hydrogens is 284 g/mol. The Kier molecular flexibility index (Phi) is 3.79. The predicted octanol–water partition coefficient (Wildman–Crippen LogP) is 2.69. The fourth-order valence-corrected chi connectivity index (χ4v) is 2.86. The highest BCUT2D eigenvalue weighted by atomic mass is 32.1. The summed E-state index contributed by atoms with van der Waals surface area (Å²) in [4.78, 5) is 17.4. The fraction of sp³-hybridized carbons (Fsp3) is 0.133. The standard InChI is InChI=1S/C15H14N4OS/c1-10-16-14(19-18-10)15(20)17-13(12-8-5-9-21-12)11-6-3-2-4-7-11/h2-9,13H,1H3,(H,17,20)(H,16,18,19). The van der Waals surface area contributed by atoms with Gasteiger partial charge in [-0.2, -0.15) is 0 Å². The number of amides is 1. The van der Waals surface area contributed by atoms with Crippen LogP contribution in [0.25, 0.3) is 0 Å². The van der Waals surface area contributed by atoms with Crippen LogP contribution in [0, 0.1) is 6.92 Å². The largest absolute Gasteiger partial charge is 0.338 e. The van der Waals surface area contributed by atoms with Crippen LogP contribution in [0.15, 0.2) is 47.8 Å². The van der Waals surface area contributed by atoms with Crippen LogP contribution in [0.5, 0.6) is 0 Å². The van der Waals surface area contributed by atoms with Gasteiger partial charge in [-0.05, 0) is 23.9 Å². The molecule has 5 nitrogen and oxygen atoms in total. The first-order valence-corrected chi connectivity index (χ1v) is 7.40. The van der Waals surface area contributed by atoms with Gasteiger partial charge in [0.2, 0.25) is 5.82 Å². The molecule has 0 aliphatic rings. The summed E-state index contributed by atoms with van der Waals surface area (Å²) in [5, 5.41) is 11.6. The number of hydrogen-bond donors (Lipinski definition) is 2. The summed E-state index contributed by atoms with van der Waals surface area (Å²) in [5.41, 5.74) is 1.03. The quantitative estimate of drug-likeness (QED) is 0.778. The average Bonchev–Trinajstić information content (AvgIpc) is 3.17. The van der Waals surface area contributed by atoms with Crippen LogP contribution in [0.3, 0.4) is 0 Å². The van der Waals surface area contributed by atoms with Crippen molar-refractivity contribution in [3.05, 3.63) is 69.9 Å². The van der Waals surface area contributed by atoms with Crippen molar-refractivity contribution < 1.29 is 4.79 Å². The zero-order valence-corrected chi connectivity index (χ0v) is 12.2. The number of H-pyrrole nitrogens is 1. The van der Waals surface area contributed by atoms with Crippen molar-refractivity contribution in [2.24, 2.45) is 0 Å². The molecule has 0 saturated carbocycles. The van der Waals surface area contributed by atoms with E-state index in [0.29, 0.717) is 5.82 Å². The molecule has 0 radical (unpaired) electrons. The molecule has 2 heterocycles. The van der Waals surface area contributed by atoms with E-state index in [1.54, 1.807) is 18.3 Å². The number of aromatic nitrogens is 3. The van der Waals surface area contributed by atoms with Crippen LogP contribution in [0.1, 0.15) is 32.9 Å². The number of nitrogens with one attached hydrogen (secondary N) is 2. The molecule has 1 aromatic carbocycles. The average molecular weight is 298 g/mol. The minimum absolute atomic E-state index is 0.157. The fourth-order valence-electron chi connectivity index (χ4n) is 2.06. The maximum absolute atomic E-state index is 12.3. The lowest BCUT2D eigenvalue weighted by atomic mass is 10.1. The van der Waals surface area contributed by atoms with E-state index >= 15 is 0 Å². The van der Waals surface area contributed by atoms with Crippen LogP contribution >= 0.6 is 11.3 Å². The van der Waals surface area contributed by atoms with Gasteiger partial charge in [-0.15, -0.1) is 16.4 Å². The second-order valence-electron chi connectivity index (χ2n) is 4.58. The summed E-state index contributed by atoms with van der Waals surface area (Å²) in [6.07, 6.45) is 0. The molecule has 6 heteroatoms. The molecule has 2 aromatic heterocycles. The number of carbonyl (C=O) groups is 1. The van der Waals surface area contributed by atoms with Gasteiger partial charge < -0.3 is 5.32 Å². The first-order valence-electron chi connectivity index (χ1n) is 6.52. The number of aryl methyl sites for hydroxylation is 1. The van der Waals surface area contributed by atoms with Gasteiger partial charge >= 0.3 is 0 Å². The van der Waals surface area contributed by atoms with E-state index < -0.39 is 0 Å². The van der Waals surface area contributed by atoms with Crippen LogP contribution in [-0.4, -0.2) is 21.1 Å². The maximum Gasteiger partial charge on any atom is 0.291 e. The van der Waals surface area contributed by atoms with Gasteiger partial charge in [-0.1, -0.05) is 36.4 Å². The Bertz CT molecular complexity index is 721. The topological polar surface area (TPSA) is 70.7 Å². The molecule has 0 spiro atoms. The van der Waals surface area contributed by atoms with Gasteiger partial charge in [0, 0.05) is 4.88 Å². The Balaban J connectivity index is 1.88. The normalized spacial score (nSPS) is 12.0. The number of carbonyl (C=O) groups excluding carboxylic acids is 1. The molecule has 3 aromatic rings. The molecule has 0 bridgehead atoms. The van der Waals surface area contributed by atoms with Crippen LogP contribution in [0.4, 0.5) is 0 Å². The third kappa shape index (κ3) is 3.00. The summed E-state index contributed by atoms with van der Waals surface area (Å²) in [6, 6.07) is 13.6. The zero-order chi connectivity index (χ0) is 14.7. The monoisotopic (exact) mass is 298 g/mol. The molecule has 106 valence electrons. The number of benzene rings is 1. The maximum atomic E-state index is 12.3. The number of thiophene rings is 1. The van der Waals surface area contributed by atoms with E-state index in [1.165, 1.54) is 0 Å². The second-order valence-corrected chi connectivity index (χ2v) is 5.56. The molecule has 0 aliphatic carbocycles. The minimum atomic E-state index is -0.290. The van der Waals surface area contributed by atoms with E-state index in [4.69, 9.17) is 0 Å². The minimum Gasteiger partial charge on any atom is -0.338 e. The van der Waals surface area contributed by atoms with E-state index in [0.717, 1.165) is 10.4 Å². The SMILES string of the molecule is Cc1nc(C(=O)NC(c2ccccc2)c2cccs2)n[nH]1. The predicted molar refractivity (Wildman–Crippen MR) is 81.2 cm³/mol. The van der Waals surface area contributed by atoms with E-state index in [9.17, 15) is 4.79 Å². The van der Waals surface area contributed by atoms with Gasteiger partial charge in [0.1, 0.15) is 5.82 Å². The van der Waals surface area contributed by atoms with Crippen molar-refractivity contribution in [1.82, 2.24) is 20.5 Å². The van der Waals surface area contributed by atoms with E-state index in [2.05, 4.69) is 20.5 Å². The third-order valence-corrected chi connectivity index (χ3v) is 3.97. The molecule has 0 fully saturated rings. The first-order chi connectivity index (χ1) is 10.2. The summed E-state index contributed by atoms with van der Waals surface area (Å²) >= 11 is 1.60. The van der Waals surface area contributed by atoms with Crippen molar-refractivity contribution in [2.45, 2.75) is 13.0 Å². The van der Waals surface area contributed by atoms with Crippen molar-refractivity contribution >= 4 is 17.2 Å². The first kappa shape index (κ1) is 13.5. The molecular formula is C15H14N4OS. The molecule has 0 aliphatic heterocycles. The van der Waals surface area contributed by atoms with Crippen molar-refractivity contribution in [3.8, 4) is 0 Å². The Morgan fingerprint density at radius 3 is 2.67 bits per heavy atom. The number of rotatable bonds is 4. The summed E-state index contributed by atoms with van der Waals surface area (Å²) < 4.78 is 0. The van der Waals surface area contributed by atoms with Gasteiger partial charge in [-0.3, -0.25) is 9.89 Å². The van der Waals surface area contributed by atoms with Gasteiger partial charge in [0.25, 0.3) is 5.91 Å². The molecule has 1 atom stereocenters. The molecule has 3 rings (SSSR count). The molecule has 0 saturated heterocycles. The summed E-state index contributed by atoms with van der Waals surface area (Å²) in [7, 11) is 0. The summed E-state index contributed by atoms with van der Waals surface area (Å²) in [6.45, 7) is 1.76. The van der Waals surface area contributed by atoms with Crippen LogP contribution < -0.4 is 5.32 Å². The third-order valence-electron chi connectivity index (χ3n) is 3.04. The zero-order valence-electron chi connectivity index (χ0n) is 11.4. The molecule has 21 heavy (non-hydrogen) atoms. The lowest BCUT2D eigenvalue weighted by molar-refractivity contribution is 0.0933. The Hall–Kier alpha value is -2.47. The Morgan fingerprint density at radius 2 is 2.05 bits per heavy atom. The van der Waals surface area contributed by atoms with E-state index in [1.807, 2.05) is 47.8 Å². The van der Waals surface area contributed by atoms with Gasteiger partial charge in [0.05, 0.1) is 6.04 Å². The van der Waals surface area contributed by atoms with Crippen molar-refractivity contribution in [3.63, 3.8) is 0 Å². The Labute approximate surface area is 126 Å².